The molecule has 2 rings (SSSR count). The second kappa shape index (κ2) is 5.10. The van der Waals surface area contributed by atoms with Crippen LogP contribution < -0.4 is 0 Å². The third-order valence-electron chi connectivity index (χ3n) is 2.44. The van der Waals surface area contributed by atoms with Crippen LogP contribution in [0.25, 0.3) is 0 Å². The fourth-order valence-electron chi connectivity index (χ4n) is 1.55. The summed E-state index contributed by atoms with van der Waals surface area (Å²) >= 11 is 3.77. The topological polar surface area (TPSA) is 17.1 Å². The van der Waals surface area contributed by atoms with Crippen LogP contribution in [-0.2, 0) is 6.42 Å². The Bertz CT molecular complexity index is 499. The predicted octanol–water partition coefficient (Wildman–Crippen LogP) is 4.15. The molecular formula is C13H11IOS. The third kappa shape index (κ3) is 2.35. The molecular weight excluding hydrogens is 331 g/mol. The quantitative estimate of drug-likeness (QED) is 0.605. The molecule has 0 aliphatic carbocycles. The van der Waals surface area contributed by atoms with E-state index < -0.39 is 0 Å². The van der Waals surface area contributed by atoms with E-state index in [2.05, 4.69) is 29.5 Å². The summed E-state index contributed by atoms with van der Waals surface area (Å²) in [6.45, 7) is 2.08. The van der Waals surface area contributed by atoms with Crippen LogP contribution in [0.3, 0.4) is 0 Å². The second-order valence-electron chi connectivity index (χ2n) is 3.46. The van der Waals surface area contributed by atoms with Gasteiger partial charge in [0.05, 0.1) is 4.88 Å². The predicted molar refractivity (Wildman–Crippen MR) is 76.3 cm³/mol. The van der Waals surface area contributed by atoms with Crippen molar-refractivity contribution in [3.63, 3.8) is 0 Å². The number of carbonyl (C=O) groups excluding carboxylic acids is 1. The van der Waals surface area contributed by atoms with Crippen molar-refractivity contribution in [2.24, 2.45) is 0 Å². The molecule has 2 aromatic rings. The highest BCUT2D eigenvalue weighted by molar-refractivity contribution is 14.1. The molecule has 0 aliphatic heterocycles. The highest BCUT2D eigenvalue weighted by atomic mass is 127. The van der Waals surface area contributed by atoms with Gasteiger partial charge in [-0.1, -0.05) is 6.92 Å². The lowest BCUT2D eigenvalue weighted by Gasteiger charge is -2.01. The van der Waals surface area contributed by atoms with Crippen LogP contribution in [0.1, 0.15) is 27.7 Å². The summed E-state index contributed by atoms with van der Waals surface area (Å²) in [5.41, 5.74) is 1.92. The van der Waals surface area contributed by atoms with Gasteiger partial charge in [0, 0.05) is 9.13 Å². The van der Waals surface area contributed by atoms with Crippen LogP contribution >= 0.6 is 33.9 Å². The minimum Gasteiger partial charge on any atom is -0.288 e. The lowest BCUT2D eigenvalue weighted by molar-refractivity contribution is 0.104. The van der Waals surface area contributed by atoms with Gasteiger partial charge in [0.15, 0.2) is 0 Å². The first-order valence-corrected chi connectivity index (χ1v) is 7.05. The van der Waals surface area contributed by atoms with Crippen LogP contribution in [0.5, 0.6) is 0 Å². The molecule has 0 fully saturated rings. The molecule has 0 radical (unpaired) electrons. The standard InChI is InChI=1S/C13H11IOS/c1-2-9-7-8-16-13(9)12(15)10-3-5-11(14)6-4-10/h3-8H,2H2,1H3. The summed E-state index contributed by atoms with van der Waals surface area (Å²) in [6, 6.07) is 9.75. The number of ketones is 1. The average Bonchev–Trinajstić information content (AvgIpc) is 2.77. The minimum absolute atomic E-state index is 0.142. The molecule has 1 aromatic carbocycles. The first-order valence-electron chi connectivity index (χ1n) is 5.09. The maximum absolute atomic E-state index is 12.2. The number of halogens is 1. The van der Waals surface area contributed by atoms with Gasteiger partial charge < -0.3 is 0 Å². The lowest BCUT2D eigenvalue weighted by atomic mass is 10.1. The highest BCUT2D eigenvalue weighted by Gasteiger charge is 2.13. The Morgan fingerprint density at radius 2 is 1.94 bits per heavy atom. The van der Waals surface area contributed by atoms with Crippen molar-refractivity contribution in [1.29, 1.82) is 0 Å². The maximum Gasteiger partial charge on any atom is 0.203 e. The fraction of sp³-hybridized carbons (Fsp3) is 0.154. The van der Waals surface area contributed by atoms with Crippen molar-refractivity contribution in [3.05, 3.63) is 55.3 Å². The summed E-state index contributed by atoms with van der Waals surface area (Å²) in [5.74, 6) is 0.142. The molecule has 0 atom stereocenters. The molecule has 82 valence electrons. The third-order valence-corrected chi connectivity index (χ3v) is 4.11. The van der Waals surface area contributed by atoms with Crippen molar-refractivity contribution >= 4 is 39.7 Å². The van der Waals surface area contributed by atoms with Gasteiger partial charge in [-0.25, -0.2) is 0 Å². The molecule has 3 heteroatoms. The molecule has 0 aliphatic rings. The minimum atomic E-state index is 0.142. The van der Waals surface area contributed by atoms with Crippen molar-refractivity contribution in [2.75, 3.05) is 0 Å². The number of hydrogen-bond donors (Lipinski definition) is 0. The first kappa shape index (κ1) is 11.8. The van der Waals surface area contributed by atoms with E-state index in [1.165, 1.54) is 11.3 Å². The Kier molecular flexibility index (Phi) is 3.76. The Morgan fingerprint density at radius 1 is 1.25 bits per heavy atom. The van der Waals surface area contributed by atoms with Gasteiger partial charge in [0.1, 0.15) is 0 Å². The van der Waals surface area contributed by atoms with E-state index in [1.807, 2.05) is 35.7 Å². The van der Waals surface area contributed by atoms with E-state index in [1.54, 1.807) is 0 Å². The number of aryl methyl sites for hydroxylation is 1. The fourth-order valence-corrected chi connectivity index (χ4v) is 2.86. The van der Waals surface area contributed by atoms with E-state index in [0.29, 0.717) is 0 Å². The van der Waals surface area contributed by atoms with Crippen LogP contribution in [0.2, 0.25) is 0 Å². The Morgan fingerprint density at radius 3 is 2.56 bits per heavy atom. The van der Waals surface area contributed by atoms with Crippen LogP contribution in [0, 0.1) is 3.57 Å². The van der Waals surface area contributed by atoms with Crippen LogP contribution in [0.15, 0.2) is 35.7 Å². The average molecular weight is 342 g/mol. The largest absolute Gasteiger partial charge is 0.288 e. The van der Waals surface area contributed by atoms with E-state index in [-0.39, 0.29) is 5.78 Å². The molecule has 0 unspecified atom stereocenters. The van der Waals surface area contributed by atoms with Gasteiger partial charge in [-0.2, -0.15) is 0 Å². The number of thiophene rings is 1. The lowest BCUT2D eigenvalue weighted by Crippen LogP contribution is -2.01. The van der Waals surface area contributed by atoms with Crippen LogP contribution in [0.4, 0.5) is 0 Å². The summed E-state index contributed by atoms with van der Waals surface area (Å²) in [4.78, 5) is 13.1. The van der Waals surface area contributed by atoms with E-state index in [0.717, 1.165) is 26.0 Å². The molecule has 0 saturated carbocycles. The summed E-state index contributed by atoms with van der Waals surface area (Å²) in [6.07, 6.45) is 0.912. The van der Waals surface area contributed by atoms with Gasteiger partial charge in [-0.15, -0.1) is 11.3 Å². The number of benzene rings is 1. The normalized spacial score (nSPS) is 10.4. The van der Waals surface area contributed by atoms with Crippen molar-refractivity contribution < 1.29 is 4.79 Å². The molecule has 0 amide bonds. The molecule has 0 N–H and O–H groups in total. The zero-order valence-corrected chi connectivity index (χ0v) is 11.8. The van der Waals surface area contributed by atoms with Crippen LogP contribution in [-0.4, -0.2) is 5.78 Å². The van der Waals surface area contributed by atoms with Gasteiger partial charge in [0.25, 0.3) is 0 Å². The maximum atomic E-state index is 12.2. The van der Waals surface area contributed by atoms with Crippen molar-refractivity contribution in [3.8, 4) is 0 Å². The van der Waals surface area contributed by atoms with E-state index in [4.69, 9.17) is 0 Å². The van der Waals surface area contributed by atoms with E-state index in [9.17, 15) is 4.79 Å². The Labute approximate surface area is 113 Å². The first-order chi connectivity index (χ1) is 7.72. The number of hydrogen-bond acceptors (Lipinski definition) is 2. The molecule has 1 aromatic heterocycles. The number of carbonyl (C=O) groups is 1. The second-order valence-corrected chi connectivity index (χ2v) is 5.63. The van der Waals surface area contributed by atoms with Crippen molar-refractivity contribution in [1.82, 2.24) is 0 Å². The summed E-state index contributed by atoms with van der Waals surface area (Å²) in [5, 5.41) is 1.98. The molecule has 0 spiro atoms. The molecule has 0 saturated heterocycles. The highest BCUT2D eigenvalue weighted by Crippen LogP contribution is 2.21. The smallest absolute Gasteiger partial charge is 0.203 e. The van der Waals surface area contributed by atoms with E-state index >= 15 is 0 Å². The summed E-state index contributed by atoms with van der Waals surface area (Å²) < 4.78 is 1.15. The molecule has 1 nitrogen and oxygen atoms in total. The zero-order valence-electron chi connectivity index (χ0n) is 8.87. The molecule has 16 heavy (non-hydrogen) atoms. The Hall–Kier alpha value is -0.680. The van der Waals surface area contributed by atoms with Crippen molar-refractivity contribution in [2.45, 2.75) is 13.3 Å². The molecule has 0 bridgehead atoms. The Balaban J connectivity index is 2.35. The summed E-state index contributed by atoms with van der Waals surface area (Å²) in [7, 11) is 0. The molecule has 1 heterocycles. The van der Waals surface area contributed by atoms with Gasteiger partial charge in [-0.05, 0) is 70.3 Å². The van der Waals surface area contributed by atoms with Gasteiger partial charge in [0.2, 0.25) is 5.78 Å². The number of rotatable bonds is 3. The van der Waals surface area contributed by atoms with Gasteiger partial charge in [-0.3, -0.25) is 4.79 Å². The monoisotopic (exact) mass is 342 g/mol. The SMILES string of the molecule is CCc1ccsc1C(=O)c1ccc(I)cc1. The van der Waals surface area contributed by atoms with Gasteiger partial charge >= 0.3 is 0 Å². The zero-order chi connectivity index (χ0) is 11.5.